The van der Waals surface area contributed by atoms with Crippen LogP contribution in [0.1, 0.15) is 36.7 Å². The normalized spacial score (nSPS) is 29.6. The van der Waals surface area contributed by atoms with Crippen molar-refractivity contribution in [2.75, 3.05) is 20.1 Å². The van der Waals surface area contributed by atoms with Gasteiger partial charge in [-0.25, -0.2) is 4.98 Å². The van der Waals surface area contributed by atoms with Gasteiger partial charge in [-0.1, -0.05) is 0 Å². The third-order valence-electron chi connectivity index (χ3n) is 3.69. The summed E-state index contributed by atoms with van der Waals surface area (Å²) in [7, 11) is 2.17. The molecule has 1 aromatic rings. The maximum absolute atomic E-state index is 6.10. The number of aromatic amines is 1. The molecular weight excluding hydrogens is 188 g/mol. The third kappa shape index (κ3) is 1.58. The summed E-state index contributed by atoms with van der Waals surface area (Å²) in [5.41, 5.74) is 7.25. The van der Waals surface area contributed by atoms with Crippen LogP contribution in [0.4, 0.5) is 0 Å². The molecule has 4 heteroatoms. The first-order valence-corrected chi connectivity index (χ1v) is 5.70. The lowest BCUT2D eigenvalue weighted by Gasteiger charge is -2.08. The van der Waals surface area contributed by atoms with E-state index in [0.29, 0.717) is 5.92 Å². The number of hydrogen-bond donors (Lipinski definition) is 2. The summed E-state index contributed by atoms with van der Waals surface area (Å²) in [6, 6.07) is 0. The van der Waals surface area contributed by atoms with Crippen molar-refractivity contribution < 1.29 is 0 Å². The molecule has 0 amide bonds. The Morgan fingerprint density at radius 2 is 2.40 bits per heavy atom. The number of aromatic nitrogens is 2. The molecule has 1 unspecified atom stereocenters. The molecule has 15 heavy (non-hydrogen) atoms. The molecule has 1 aliphatic heterocycles. The van der Waals surface area contributed by atoms with Crippen LogP contribution < -0.4 is 5.73 Å². The number of imidazole rings is 1. The van der Waals surface area contributed by atoms with E-state index in [1.165, 1.54) is 18.7 Å². The quantitative estimate of drug-likeness (QED) is 0.751. The Labute approximate surface area is 89.9 Å². The number of hydrogen-bond acceptors (Lipinski definition) is 3. The van der Waals surface area contributed by atoms with Crippen LogP contribution in [-0.2, 0) is 5.54 Å². The highest BCUT2D eigenvalue weighted by atomic mass is 15.1. The van der Waals surface area contributed by atoms with Crippen molar-refractivity contribution in [3.8, 4) is 0 Å². The van der Waals surface area contributed by atoms with Gasteiger partial charge in [-0.05, 0) is 32.9 Å². The fourth-order valence-corrected chi connectivity index (χ4v) is 2.36. The molecule has 1 saturated carbocycles. The van der Waals surface area contributed by atoms with E-state index in [9.17, 15) is 0 Å². The van der Waals surface area contributed by atoms with E-state index in [1.807, 2.05) is 6.20 Å². The van der Waals surface area contributed by atoms with Crippen molar-refractivity contribution in [2.24, 2.45) is 5.73 Å². The van der Waals surface area contributed by atoms with Crippen LogP contribution in [-0.4, -0.2) is 35.0 Å². The first-order valence-electron chi connectivity index (χ1n) is 5.70. The molecule has 82 valence electrons. The predicted molar refractivity (Wildman–Crippen MR) is 58.5 cm³/mol. The summed E-state index contributed by atoms with van der Waals surface area (Å²) in [5.74, 6) is 1.62. The second-order valence-corrected chi connectivity index (χ2v) is 5.09. The van der Waals surface area contributed by atoms with E-state index < -0.39 is 0 Å². The molecule has 3 N–H and O–H groups in total. The van der Waals surface area contributed by atoms with E-state index in [1.54, 1.807) is 0 Å². The van der Waals surface area contributed by atoms with Gasteiger partial charge in [-0.15, -0.1) is 0 Å². The minimum Gasteiger partial charge on any atom is -0.344 e. The standard InChI is InChI=1S/C11H18N4/c1-15-5-2-8(7-15)9-6-13-10(14-9)11(12)3-4-11/h6,8H,2-5,7,12H2,1H3,(H,13,14). The van der Waals surface area contributed by atoms with Crippen molar-refractivity contribution in [2.45, 2.75) is 30.7 Å². The first-order chi connectivity index (χ1) is 7.17. The molecule has 1 aromatic heterocycles. The van der Waals surface area contributed by atoms with Crippen molar-refractivity contribution in [1.29, 1.82) is 0 Å². The molecule has 1 saturated heterocycles. The number of likely N-dealkylation sites (tertiary alicyclic amines) is 1. The zero-order chi connectivity index (χ0) is 10.5. The first kappa shape index (κ1) is 9.36. The number of nitrogens with two attached hydrogens (primary N) is 1. The van der Waals surface area contributed by atoms with Crippen molar-refractivity contribution in [3.63, 3.8) is 0 Å². The van der Waals surface area contributed by atoms with E-state index in [-0.39, 0.29) is 5.54 Å². The van der Waals surface area contributed by atoms with Gasteiger partial charge in [-0.2, -0.15) is 0 Å². The average Bonchev–Trinajstić information content (AvgIpc) is 2.72. The summed E-state index contributed by atoms with van der Waals surface area (Å²) in [4.78, 5) is 10.2. The second kappa shape index (κ2) is 3.06. The van der Waals surface area contributed by atoms with E-state index >= 15 is 0 Å². The highest BCUT2D eigenvalue weighted by Gasteiger charge is 2.43. The molecule has 0 bridgehead atoms. The molecule has 2 aliphatic rings. The lowest BCUT2D eigenvalue weighted by atomic mass is 10.1. The van der Waals surface area contributed by atoms with Gasteiger partial charge in [0, 0.05) is 24.4 Å². The van der Waals surface area contributed by atoms with Gasteiger partial charge < -0.3 is 15.6 Å². The molecular formula is C11H18N4. The smallest absolute Gasteiger partial charge is 0.126 e. The molecule has 2 fully saturated rings. The Hall–Kier alpha value is -0.870. The summed E-state index contributed by atoms with van der Waals surface area (Å²) < 4.78 is 0. The van der Waals surface area contributed by atoms with Crippen LogP contribution >= 0.6 is 0 Å². The average molecular weight is 206 g/mol. The zero-order valence-electron chi connectivity index (χ0n) is 9.16. The van der Waals surface area contributed by atoms with Gasteiger partial charge in [0.15, 0.2) is 0 Å². The topological polar surface area (TPSA) is 57.9 Å². The van der Waals surface area contributed by atoms with Crippen molar-refractivity contribution >= 4 is 0 Å². The van der Waals surface area contributed by atoms with Gasteiger partial charge in [0.25, 0.3) is 0 Å². The van der Waals surface area contributed by atoms with Gasteiger partial charge in [0.2, 0.25) is 0 Å². The summed E-state index contributed by atoms with van der Waals surface area (Å²) in [6.45, 7) is 2.33. The third-order valence-corrected chi connectivity index (χ3v) is 3.69. The van der Waals surface area contributed by atoms with Crippen LogP contribution in [0.15, 0.2) is 6.20 Å². The fourth-order valence-electron chi connectivity index (χ4n) is 2.36. The Morgan fingerprint density at radius 1 is 1.60 bits per heavy atom. The van der Waals surface area contributed by atoms with Crippen LogP contribution in [0.3, 0.4) is 0 Å². The molecule has 0 spiro atoms. The van der Waals surface area contributed by atoms with Crippen LogP contribution in [0.5, 0.6) is 0 Å². The summed E-state index contributed by atoms with van der Waals surface area (Å²) in [6.07, 6.45) is 5.36. The molecule has 3 rings (SSSR count). The predicted octanol–water partition coefficient (Wildman–Crippen LogP) is 0.777. The van der Waals surface area contributed by atoms with Crippen molar-refractivity contribution in [3.05, 3.63) is 17.7 Å². The molecule has 2 heterocycles. The van der Waals surface area contributed by atoms with Gasteiger partial charge in [0.1, 0.15) is 5.82 Å². The van der Waals surface area contributed by atoms with E-state index in [2.05, 4.69) is 21.9 Å². The summed E-state index contributed by atoms with van der Waals surface area (Å²) >= 11 is 0. The Morgan fingerprint density at radius 3 is 3.00 bits per heavy atom. The van der Waals surface area contributed by atoms with E-state index in [4.69, 9.17) is 5.73 Å². The molecule has 1 aliphatic carbocycles. The molecule has 4 nitrogen and oxygen atoms in total. The number of H-pyrrole nitrogens is 1. The lowest BCUT2D eigenvalue weighted by molar-refractivity contribution is 0.411. The van der Waals surface area contributed by atoms with Crippen LogP contribution in [0.2, 0.25) is 0 Å². The second-order valence-electron chi connectivity index (χ2n) is 5.09. The summed E-state index contributed by atoms with van der Waals surface area (Å²) in [5, 5.41) is 0. The molecule has 1 atom stereocenters. The van der Waals surface area contributed by atoms with Crippen molar-refractivity contribution in [1.82, 2.24) is 14.9 Å². The maximum Gasteiger partial charge on any atom is 0.126 e. The monoisotopic (exact) mass is 206 g/mol. The zero-order valence-corrected chi connectivity index (χ0v) is 9.16. The Balaban J connectivity index is 1.79. The highest BCUT2D eigenvalue weighted by Crippen LogP contribution is 2.41. The minimum absolute atomic E-state index is 0.122. The molecule has 0 aromatic carbocycles. The van der Waals surface area contributed by atoms with Crippen LogP contribution in [0.25, 0.3) is 0 Å². The van der Waals surface area contributed by atoms with Crippen LogP contribution in [0, 0.1) is 0 Å². The largest absolute Gasteiger partial charge is 0.344 e. The molecule has 0 radical (unpaired) electrons. The number of nitrogens with zero attached hydrogens (tertiary/aromatic N) is 2. The Kier molecular flexibility index (Phi) is 1.91. The lowest BCUT2D eigenvalue weighted by Crippen LogP contribution is -2.20. The highest BCUT2D eigenvalue weighted by molar-refractivity contribution is 5.19. The minimum atomic E-state index is -0.122. The SMILES string of the molecule is CN1CCC(c2cnc(C3(N)CC3)[nH]2)C1. The Bertz CT molecular complexity index is 366. The van der Waals surface area contributed by atoms with Gasteiger partial charge in [0.05, 0.1) is 5.54 Å². The number of nitrogens with one attached hydrogen (secondary N) is 1. The number of likely N-dealkylation sites (N-methyl/N-ethyl adjacent to an activating group) is 1. The number of rotatable bonds is 2. The maximum atomic E-state index is 6.10. The van der Waals surface area contributed by atoms with Gasteiger partial charge in [-0.3, -0.25) is 0 Å². The van der Waals surface area contributed by atoms with E-state index in [0.717, 1.165) is 25.2 Å². The fraction of sp³-hybridized carbons (Fsp3) is 0.727. The van der Waals surface area contributed by atoms with Gasteiger partial charge >= 0.3 is 0 Å².